The molecule has 2 N–H and O–H groups in total. The van der Waals surface area contributed by atoms with Crippen molar-refractivity contribution in [3.63, 3.8) is 0 Å². The van der Waals surface area contributed by atoms with Crippen LogP contribution >= 0.6 is 0 Å². The Morgan fingerprint density at radius 3 is 2.00 bits per heavy atom. The summed E-state index contributed by atoms with van der Waals surface area (Å²) >= 11 is 0. The van der Waals surface area contributed by atoms with Gasteiger partial charge in [-0.05, 0) is 99.2 Å². The predicted molar refractivity (Wildman–Crippen MR) is 112 cm³/mol. The van der Waals surface area contributed by atoms with Crippen LogP contribution in [0.15, 0.2) is 0 Å². The van der Waals surface area contributed by atoms with Gasteiger partial charge in [0.05, 0.1) is 0 Å². The highest BCUT2D eigenvalue weighted by molar-refractivity contribution is 5.07. The minimum Gasteiger partial charge on any atom is -0.311 e. The van der Waals surface area contributed by atoms with Crippen LogP contribution in [0.2, 0.25) is 0 Å². The maximum absolute atomic E-state index is 4.11. The van der Waals surface area contributed by atoms with Crippen LogP contribution in [0.1, 0.15) is 90.4 Å². The van der Waals surface area contributed by atoms with E-state index in [0.717, 1.165) is 65.6 Å². The third-order valence-corrected chi connectivity index (χ3v) is 10.6. The topological polar surface area (TPSA) is 24.1 Å². The number of rotatable bonds is 1. The molecule has 152 valence electrons. The normalized spacial score (nSPS) is 57.4. The van der Waals surface area contributed by atoms with E-state index in [-0.39, 0.29) is 0 Å². The maximum atomic E-state index is 4.11. The van der Waals surface area contributed by atoms with E-state index >= 15 is 0 Å². The molecular formula is C25H42N2. The van der Waals surface area contributed by atoms with E-state index in [1.807, 2.05) is 0 Å². The molecule has 2 saturated heterocycles. The van der Waals surface area contributed by atoms with Gasteiger partial charge >= 0.3 is 0 Å². The van der Waals surface area contributed by atoms with Crippen molar-refractivity contribution in [2.75, 3.05) is 0 Å². The van der Waals surface area contributed by atoms with Crippen LogP contribution in [0.5, 0.6) is 0 Å². The Morgan fingerprint density at radius 2 is 1.15 bits per heavy atom. The second kappa shape index (κ2) is 7.01. The van der Waals surface area contributed by atoms with E-state index in [9.17, 15) is 0 Å². The lowest BCUT2D eigenvalue weighted by Gasteiger charge is -2.47. The second-order valence-corrected chi connectivity index (χ2v) is 11.6. The van der Waals surface area contributed by atoms with E-state index in [0.29, 0.717) is 0 Å². The Kier molecular flexibility index (Phi) is 4.61. The zero-order valence-corrected chi connectivity index (χ0v) is 17.5. The summed E-state index contributed by atoms with van der Waals surface area (Å²) in [5.74, 6) is 7.16. The summed E-state index contributed by atoms with van der Waals surface area (Å²) in [5.41, 5.74) is 0. The van der Waals surface area contributed by atoms with Crippen LogP contribution in [-0.2, 0) is 0 Å². The zero-order valence-electron chi connectivity index (χ0n) is 17.5. The second-order valence-electron chi connectivity index (χ2n) is 11.6. The molecule has 2 aliphatic heterocycles. The molecule has 4 saturated carbocycles. The van der Waals surface area contributed by atoms with E-state index < -0.39 is 0 Å². The molecule has 6 rings (SSSR count). The largest absolute Gasteiger partial charge is 0.311 e. The Balaban J connectivity index is 1.17. The van der Waals surface area contributed by atoms with Gasteiger partial charge < -0.3 is 10.6 Å². The molecule has 0 spiro atoms. The minimum absolute atomic E-state index is 0.872. The smallest absolute Gasteiger partial charge is 0.0104 e. The third-order valence-electron chi connectivity index (χ3n) is 10.6. The summed E-state index contributed by atoms with van der Waals surface area (Å²) in [6.07, 6.45) is 19.6. The standard InChI is InChI=1S/C25H42N2/c1-15-17(11-13-24-25(15)19-7-3-5-9-22(19)27-24)16-10-12-23-20(14-16)18-6-2-4-8-21(18)26-23/h15-27H,2-14H2,1H3/t15?,16-,17-,18?,19?,20?,21?,22?,23?,24?,25?/m1/s1. The predicted octanol–water partition coefficient (Wildman–Crippen LogP) is 5.13. The van der Waals surface area contributed by atoms with Gasteiger partial charge in [0, 0.05) is 24.2 Å². The number of hydrogen-bond donors (Lipinski definition) is 2. The van der Waals surface area contributed by atoms with Crippen molar-refractivity contribution < 1.29 is 0 Å². The van der Waals surface area contributed by atoms with Gasteiger partial charge in [0.1, 0.15) is 0 Å². The highest BCUT2D eigenvalue weighted by atomic mass is 15.0. The van der Waals surface area contributed by atoms with Gasteiger partial charge in [0.2, 0.25) is 0 Å². The lowest BCUT2D eigenvalue weighted by molar-refractivity contribution is 0.0408. The van der Waals surface area contributed by atoms with Crippen molar-refractivity contribution in [3.05, 3.63) is 0 Å². The first-order valence-electron chi connectivity index (χ1n) is 12.8. The van der Waals surface area contributed by atoms with Crippen molar-refractivity contribution in [2.24, 2.45) is 41.4 Å². The Hall–Kier alpha value is -0.0800. The Morgan fingerprint density at radius 1 is 0.519 bits per heavy atom. The van der Waals surface area contributed by atoms with Crippen molar-refractivity contribution >= 4 is 0 Å². The summed E-state index contributed by atoms with van der Waals surface area (Å²) in [7, 11) is 0. The lowest BCUT2D eigenvalue weighted by Crippen LogP contribution is -2.44. The molecule has 2 heteroatoms. The zero-order chi connectivity index (χ0) is 18.0. The number of nitrogens with one attached hydrogen (secondary N) is 2. The molecule has 4 aliphatic carbocycles. The molecule has 2 heterocycles. The lowest BCUT2D eigenvalue weighted by atomic mass is 9.58. The van der Waals surface area contributed by atoms with E-state index in [4.69, 9.17) is 0 Å². The van der Waals surface area contributed by atoms with Crippen molar-refractivity contribution in [2.45, 2.75) is 115 Å². The first kappa shape index (κ1) is 17.8. The van der Waals surface area contributed by atoms with Crippen LogP contribution in [0.25, 0.3) is 0 Å². The fraction of sp³-hybridized carbons (Fsp3) is 1.00. The van der Waals surface area contributed by atoms with E-state index in [1.165, 1.54) is 77.0 Å². The maximum Gasteiger partial charge on any atom is 0.0104 e. The summed E-state index contributed by atoms with van der Waals surface area (Å²) in [5, 5.41) is 8.21. The Bertz CT molecular complexity index is 546. The molecule has 0 radical (unpaired) electrons. The van der Waals surface area contributed by atoms with Crippen LogP contribution < -0.4 is 10.6 Å². The third kappa shape index (κ3) is 2.87. The van der Waals surface area contributed by atoms with Crippen molar-refractivity contribution in [1.29, 1.82) is 0 Å². The van der Waals surface area contributed by atoms with Crippen LogP contribution in [-0.4, -0.2) is 24.2 Å². The summed E-state index contributed by atoms with van der Waals surface area (Å²) in [4.78, 5) is 0. The molecule has 0 bridgehead atoms. The van der Waals surface area contributed by atoms with Crippen molar-refractivity contribution in [3.8, 4) is 0 Å². The first-order valence-corrected chi connectivity index (χ1v) is 12.8. The quantitative estimate of drug-likeness (QED) is 0.669. The fourth-order valence-electron chi connectivity index (χ4n) is 9.59. The average molecular weight is 371 g/mol. The monoisotopic (exact) mass is 370 g/mol. The fourth-order valence-corrected chi connectivity index (χ4v) is 9.59. The molecule has 0 aromatic heterocycles. The molecule has 2 nitrogen and oxygen atoms in total. The molecule has 0 aromatic rings. The van der Waals surface area contributed by atoms with E-state index in [2.05, 4.69) is 17.6 Å². The van der Waals surface area contributed by atoms with Gasteiger partial charge in [0.15, 0.2) is 0 Å². The van der Waals surface area contributed by atoms with Gasteiger partial charge in [-0.3, -0.25) is 0 Å². The molecule has 0 amide bonds. The van der Waals surface area contributed by atoms with Gasteiger partial charge in [-0.15, -0.1) is 0 Å². The highest BCUT2D eigenvalue weighted by Crippen LogP contribution is 2.54. The minimum atomic E-state index is 0.872. The van der Waals surface area contributed by atoms with Crippen LogP contribution in [0, 0.1) is 41.4 Å². The van der Waals surface area contributed by atoms with Gasteiger partial charge in [-0.1, -0.05) is 32.6 Å². The molecule has 0 aromatic carbocycles. The highest BCUT2D eigenvalue weighted by Gasteiger charge is 2.53. The van der Waals surface area contributed by atoms with Crippen molar-refractivity contribution in [1.82, 2.24) is 10.6 Å². The van der Waals surface area contributed by atoms with Gasteiger partial charge in [-0.2, -0.15) is 0 Å². The molecule has 6 aliphatic rings. The molecule has 11 atom stereocenters. The van der Waals surface area contributed by atoms with Crippen LogP contribution in [0.3, 0.4) is 0 Å². The van der Waals surface area contributed by atoms with E-state index in [1.54, 1.807) is 6.42 Å². The number of fused-ring (bicyclic) bond motifs is 6. The number of hydrogen-bond acceptors (Lipinski definition) is 2. The summed E-state index contributed by atoms with van der Waals surface area (Å²) in [6.45, 7) is 2.68. The SMILES string of the molecule is CC1C2C(CC[C@H]1[C@@H]1CCC3NC4CCCCC4C3C1)NC1CCCCC12. The van der Waals surface area contributed by atoms with Gasteiger partial charge in [0.25, 0.3) is 0 Å². The average Bonchev–Trinajstić information content (AvgIpc) is 3.26. The molecular weight excluding hydrogens is 328 g/mol. The summed E-state index contributed by atoms with van der Waals surface area (Å²) < 4.78 is 0. The summed E-state index contributed by atoms with van der Waals surface area (Å²) in [6, 6.07) is 3.53. The molecule has 9 unspecified atom stereocenters. The molecule has 6 fully saturated rings. The molecule has 27 heavy (non-hydrogen) atoms. The first-order chi connectivity index (χ1) is 13.3. The van der Waals surface area contributed by atoms with Gasteiger partial charge in [-0.25, -0.2) is 0 Å². The Labute approximate surface area is 167 Å². The van der Waals surface area contributed by atoms with Crippen LogP contribution in [0.4, 0.5) is 0 Å².